The number of nitriles is 1. The number of aromatic carboxylic acids is 1. The number of benzene rings is 3. The van der Waals surface area contributed by atoms with Crippen molar-refractivity contribution < 1.29 is 9.90 Å². The van der Waals surface area contributed by atoms with Crippen LogP contribution < -0.4 is 5.32 Å². The molecule has 0 fully saturated rings. The first-order valence-electron chi connectivity index (χ1n) is 14.8. The fourth-order valence-corrected chi connectivity index (χ4v) is 7.82. The van der Waals surface area contributed by atoms with Crippen LogP contribution in [0.3, 0.4) is 0 Å². The second-order valence-electron chi connectivity index (χ2n) is 11.1. The lowest BCUT2D eigenvalue weighted by Gasteiger charge is -2.33. The van der Waals surface area contributed by atoms with Gasteiger partial charge in [-0.15, -0.1) is 22.7 Å². The number of para-hydroxylation sites is 1. The number of hydrogen-bond donors (Lipinski definition) is 2. The Morgan fingerprint density at radius 2 is 1.68 bits per heavy atom. The number of nitrogens with zero attached hydrogens (tertiary/aromatic N) is 2. The van der Waals surface area contributed by atoms with E-state index >= 15 is 0 Å². The topological polar surface area (TPSA) is 78.0 Å². The highest BCUT2D eigenvalue weighted by Crippen LogP contribution is 2.37. The number of fused-ring (bicyclic) bond motifs is 3. The van der Waals surface area contributed by atoms with E-state index in [2.05, 4.69) is 110 Å². The van der Waals surface area contributed by atoms with Gasteiger partial charge >= 0.3 is 5.97 Å². The number of aryl methyl sites for hydroxylation is 1. The number of aromatic nitrogens is 1. The standard InChI is InChI=1S/C37H33N3O2S2/c1-4-20-37(3,39-27-14-16-30-29-8-6-7-9-31(29)40(5-2)32(30)22-27)26-12-10-24(11-13-26)33-17-15-28(43-33)21-25(23-38)34-18-19-35(44-34)36(41)42/h6-19,21-22,39H,4-5,20H2,1-3H3,(H,41,42)/b25-21+. The molecule has 0 aliphatic rings. The van der Waals surface area contributed by atoms with E-state index in [1.165, 1.54) is 27.4 Å². The molecule has 0 amide bonds. The molecule has 6 aromatic rings. The van der Waals surface area contributed by atoms with Crippen LogP contribution in [0.1, 0.15) is 58.6 Å². The number of rotatable bonds is 10. The molecule has 1 atom stereocenters. The van der Waals surface area contributed by atoms with Crippen molar-refractivity contribution in [2.75, 3.05) is 5.32 Å². The molecule has 3 aromatic carbocycles. The third-order valence-electron chi connectivity index (χ3n) is 8.18. The summed E-state index contributed by atoms with van der Waals surface area (Å²) in [5, 5.41) is 25.4. The zero-order valence-electron chi connectivity index (χ0n) is 24.9. The molecule has 0 spiro atoms. The largest absolute Gasteiger partial charge is 0.477 e. The highest BCUT2D eigenvalue weighted by molar-refractivity contribution is 7.16. The van der Waals surface area contributed by atoms with Gasteiger partial charge in [-0.2, -0.15) is 5.26 Å². The van der Waals surface area contributed by atoms with Crippen molar-refractivity contribution >= 4 is 67.8 Å². The molecule has 0 aliphatic carbocycles. The van der Waals surface area contributed by atoms with Crippen LogP contribution >= 0.6 is 22.7 Å². The van der Waals surface area contributed by atoms with Crippen molar-refractivity contribution in [2.45, 2.75) is 45.7 Å². The summed E-state index contributed by atoms with van der Waals surface area (Å²) in [7, 11) is 0. The van der Waals surface area contributed by atoms with Crippen LogP contribution in [0.5, 0.6) is 0 Å². The average Bonchev–Trinajstić information content (AvgIpc) is 3.78. The van der Waals surface area contributed by atoms with Crippen molar-refractivity contribution in [2.24, 2.45) is 0 Å². The molecule has 44 heavy (non-hydrogen) atoms. The molecule has 7 heteroatoms. The van der Waals surface area contributed by atoms with Gasteiger partial charge in [0.05, 0.1) is 16.6 Å². The van der Waals surface area contributed by atoms with Crippen molar-refractivity contribution in [1.29, 1.82) is 5.26 Å². The number of anilines is 1. The Bertz CT molecular complexity index is 2060. The van der Waals surface area contributed by atoms with Gasteiger partial charge in [0, 0.05) is 43.2 Å². The van der Waals surface area contributed by atoms with Gasteiger partial charge < -0.3 is 15.0 Å². The number of thiophene rings is 2. The SMILES string of the molecule is CCCC(C)(Nc1ccc2c3ccccc3n(CC)c2c1)c1ccc(-c2ccc(/C=C(\C#N)c3ccc(C(=O)O)s3)s2)cc1. The summed E-state index contributed by atoms with van der Waals surface area (Å²) in [6.07, 6.45) is 3.86. The maximum atomic E-state index is 11.3. The highest BCUT2D eigenvalue weighted by Gasteiger charge is 2.26. The fraction of sp³-hybridized carbons (Fsp3) is 0.189. The minimum absolute atomic E-state index is 0.224. The number of hydrogen-bond acceptors (Lipinski definition) is 5. The van der Waals surface area contributed by atoms with E-state index in [4.69, 9.17) is 0 Å². The molecule has 0 saturated heterocycles. The van der Waals surface area contributed by atoms with E-state index in [1.54, 1.807) is 23.5 Å². The van der Waals surface area contributed by atoms with E-state index in [-0.39, 0.29) is 10.4 Å². The van der Waals surface area contributed by atoms with Gasteiger partial charge in [0.2, 0.25) is 0 Å². The van der Waals surface area contributed by atoms with Crippen molar-refractivity contribution in [3.8, 4) is 16.5 Å². The van der Waals surface area contributed by atoms with Crippen molar-refractivity contribution in [1.82, 2.24) is 4.57 Å². The van der Waals surface area contributed by atoms with E-state index in [1.807, 2.05) is 12.1 Å². The zero-order valence-corrected chi connectivity index (χ0v) is 26.6. The minimum atomic E-state index is -0.980. The van der Waals surface area contributed by atoms with E-state index < -0.39 is 5.97 Å². The van der Waals surface area contributed by atoms with Crippen LogP contribution in [0, 0.1) is 11.3 Å². The molecule has 1 unspecified atom stereocenters. The average molecular weight is 616 g/mol. The number of carbonyl (C=O) groups is 1. The predicted octanol–water partition coefficient (Wildman–Crippen LogP) is 10.5. The Labute approximate surface area is 265 Å². The molecule has 2 N–H and O–H groups in total. The molecule has 0 bridgehead atoms. The summed E-state index contributed by atoms with van der Waals surface area (Å²) >= 11 is 2.73. The third-order valence-corrected chi connectivity index (χ3v) is 10.4. The summed E-state index contributed by atoms with van der Waals surface area (Å²) in [6, 6.07) is 33.7. The van der Waals surface area contributed by atoms with Gasteiger partial charge in [-0.05, 0) is 79.9 Å². The molecule has 5 nitrogen and oxygen atoms in total. The molecule has 220 valence electrons. The lowest BCUT2D eigenvalue weighted by Crippen LogP contribution is -2.31. The van der Waals surface area contributed by atoms with Crippen LogP contribution in [-0.4, -0.2) is 15.6 Å². The van der Waals surface area contributed by atoms with E-state index in [0.717, 1.165) is 51.7 Å². The number of carboxylic acid groups (broad SMARTS) is 1. The van der Waals surface area contributed by atoms with E-state index in [0.29, 0.717) is 10.5 Å². The van der Waals surface area contributed by atoms with Gasteiger partial charge in [0.25, 0.3) is 0 Å². The first kappa shape index (κ1) is 29.4. The number of carboxylic acids is 1. The summed E-state index contributed by atoms with van der Waals surface area (Å²) in [5.41, 5.74) is 6.19. The smallest absolute Gasteiger partial charge is 0.345 e. The Hall–Kier alpha value is -4.64. The summed E-state index contributed by atoms with van der Waals surface area (Å²) in [6.45, 7) is 7.62. The predicted molar refractivity (Wildman–Crippen MR) is 186 cm³/mol. The normalized spacial score (nSPS) is 13.2. The van der Waals surface area contributed by atoms with Gasteiger partial charge in [0.15, 0.2) is 0 Å². The fourth-order valence-electron chi connectivity index (χ4n) is 6.05. The Morgan fingerprint density at radius 1 is 0.932 bits per heavy atom. The molecule has 0 aliphatic heterocycles. The zero-order chi connectivity index (χ0) is 30.8. The highest BCUT2D eigenvalue weighted by atomic mass is 32.1. The quantitative estimate of drug-likeness (QED) is 0.150. The monoisotopic (exact) mass is 615 g/mol. The first-order valence-corrected chi connectivity index (χ1v) is 16.4. The van der Waals surface area contributed by atoms with Crippen LogP contribution in [0.4, 0.5) is 5.69 Å². The van der Waals surface area contributed by atoms with Crippen LogP contribution in [-0.2, 0) is 12.1 Å². The minimum Gasteiger partial charge on any atom is -0.477 e. The maximum Gasteiger partial charge on any atom is 0.345 e. The molecular formula is C37H33N3O2S2. The Morgan fingerprint density at radius 3 is 2.39 bits per heavy atom. The lowest BCUT2D eigenvalue weighted by molar-refractivity contribution is 0.0702. The number of allylic oxidation sites excluding steroid dienone is 1. The Kier molecular flexibility index (Phi) is 8.13. The molecular weight excluding hydrogens is 583 g/mol. The molecule has 3 heterocycles. The van der Waals surface area contributed by atoms with Crippen LogP contribution in [0.15, 0.2) is 91.0 Å². The summed E-state index contributed by atoms with van der Waals surface area (Å²) in [4.78, 5) is 14.2. The second kappa shape index (κ2) is 12.2. The van der Waals surface area contributed by atoms with Gasteiger partial charge in [-0.25, -0.2) is 4.79 Å². The van der Waals surface area contributed by atoms with Gasteiger partial charge in [0.1, 0.15) is 10.9 Å². The Balaban J connectivity index is 1.26. The van der Waals surface area contributed by atoms with E-state index in [9.17, 15) is 15.2 Å². The summed E-state index contributed by atoms with van der Waals surface area (Å²) in [5.74, 6) is -0.980. The third kappa shape index (κ3) is 5.55. The molecule has 0 saturated carbocycles. The molecule has 0 radical (unpaired) electrons. The van der Waals surface area contributed by atoms with Gasteiger partial charge in [-0.1, -0.05) is 61.9 Å². The lowest BCUT2D eigenvalue weighted by atomic mass is 9.86. The van der Waals surface area contributed by atoms with Crippen molar-refractivity contribution in [3.05, 3.63) is 111 Å². The number of nitrogens with one attached hydrogen (secondary N) is 1. The molecule has 6 rings (SSSR count). The maximum absolute atomic E-state index is 11.3. The van der Waals surface area contributed by atoms with Gasteiger partial charge in [-0.3, -0.25) is 0 Å². The first-order chi connectivity index (χ1) is 21.3. The van der Waals surface area contributed by atoms with Crippen LogP contribution in [0.2, 0.25) is 0 Å². The second-order valence-corrected chi connectivity index (χ2v) is 13.3. The van der Waals surface area contributed by atoms with Crippen LogP contribution in [0.25, 0.3) is 43.9 Å². The summed E-state index contributed by atoms with van der Waals surface area (Å²) < 4.78 is 2.39. The molecule has 3 aromatic heterocycles. The van der Waals surface area contributed by atoms with Crippen molar-refractivity contribution in [3.63, 3.8) is 0 Å².